The third-order valence-corrected chi connectivity index (χ3v) is 2.27. The molecule has 1 aliphatic rings. The second-order valence-corrected chi connectivity index (χ2v) is 2.90. The summed E-state index contributed by atoms with van der Waals surface area (Å²) in [5, 5.41) is 9.40. The van der Waals surface area contributed by atoms with Gasteiger partial charge in [-0.05, 0) is 25.2 Å². The number of rotatable bonds is 1. The maximum atomic E-state index is 10.3. The van der Waals surface area contributed by atoms with E-state index in [0.717, 1.165) is 12.8 Å². The lowest BCUT2D eigenvalue weighted by molar-refractivity contribution is -0.126. The molecule has 0 saturated heterocycles. The predicted octanol–water partition coefficient (Wildman–Crippen LogP) is 0.736. The molecule has 2 heteroatoms. The van der Waals surface area contributed by atoms with Gasteiger partial charge in [-0.15, -0.1) is 0 Å². The van der Waals surface area contributed by atoms with Gasteiger partial charge in [0, 0.05) is 0 Å². The van der Waals surface area contributed by atoms with E-state index in [2.05, 4.69) is 0 Å². The molecule has 0 heterocycles. The molecule has 0 aromatic heterocycles. The van der Waals surface area contributed by atoms with Gasteiger partial charge in [0.1, 0.15) is 5.60 Å². The number of aliphatic hydroxyl groups is 1. The number of hydrogen-bond acceptors (Lipinski definition) is 2. The van der Waals surface area contributed by atoms with Crippen LogP contribution in [0.5, 0.6) is 0 Å². The van der Waals surface area contributed by atoms with Crippen molar-refractivity contribution in [2.45, 2.75) is 31.8 Å². The van der Waals surface area contributed by atoms with E-state index < -0.39 is 5.60 Å². The largest absolute Gasteiger partial charge is 0.382 e. The lowest BCUT2D eigenvalue weighted by atomic mass is 9.95. The van der Waals surface area contributed by atoms with Crippen molar-refractivity contribution in [3.63, 3.8) is 0 Å². The normalized spacial score (nSPS) is 43.1. The molecule has 0 radical (unpaired) electrons. The number of carbonyl (C=O) groups excluding carboxylic acids is 1. The molecule has 9 heavy (non-hydrogen) atoms. The van der Waals surface area contributed by atoms with Crippen molar-refractivity contribution >= 4 is 6.29 Å². The minimum Gasteiger partial charge on any atom is -0.382 e. The van der Waals surface area contributed by atoms with Crippen LogP contribution in [0.1, 0.15) is 26.2 Å². The lowest BCUT2D eigenvalue weighted by Gasteiger charge is -2.19. The molecule has 1 N–H and O–H groups in total. The molecule has 2 unspecified atom stereocenters. The SMILES string of the molecule is CC1CCCC1(O)C=O. The summed E-state index contributed by atoms with van der Waals surface area (Å²) in [5.74, 6) is 0.162. The Kier molecular flexibility index (Phi) is 1.58. The van der Waals surface area contributed by atoms with Gasteiger partial charge in [-0.25, -0.2) is 0 Å². The summed E-state index contributed by atoms with van der Waals surface area (Å²) < 4.78 is 0. The highest BCUT2D eigenvalue weighted by atomic mass is 16.3. The Hall–Kier alpha value is -0.370. The van der Waals surface area contributed by atoms with Crippen molar-refractivity contribution < 1.29 is 9.90 Å². The van der Waals surface area contributed by atoms with Crippen molar-refractivity contribution in [2.24, 2.45) is 5.92 Å². The topological polar surface area (TPSA) is 37.3 Å². The van der Waals surface area contributed by atoms with Gasteiger partial charge < -0.3 is 9.90 Å². The number of carbonyl (C=O) groups is 1. The molecule has 1 fully saturated rings. The van der Waals surface area contributed by atoms with Crippen LogP contribution in [-0.2, 0) is 4.79 Å². The van der Waals surface area contributed by atoms with E-state index in [0.29, 0.717) is 12.7 Å². The fourth-order valence-corrected chi connectivity index (χ4v) is 1.36. The van der Waals surface area contributed by atoms with Gasteiger partial charge >= 0.3 is 0 Å². The maximum absolute atomic E-state index is 10.3. The first-order valence-electron chi connectivity index (χ1n) is 3.38. The van der Waals surface area contributed by atoms with Crippen LogP contribution in [0.4, 0.5) is 0 Å². The Morgan fingerprint density at radius 3 is 2.67 bits per heavy atom. The zero-order valence-electron chi connectivity index (χ0n) is 5.63. The van der Waals surface area contributed by atoms with Crippen LogP contribution in [-0.4, -0.2) is 17.0 Å². The molecule has 2 nitrogen and oxygen atoms in total. The number of aldehydes is 1. The first kappa shape index (κ1) is 6.75. The van der Waals surface area contributed by atoms with Crippen LogP contribution in [0, 0.1) is 5.92 Å². The van der Waals surface area contributed by atoms with E-state index in [9.17, 15) is 9.90 Å². The van der Waals surface area contributed by atoms with E-state index in [-0.39, 0.29) is 5.92 Å². The summed E-state index contributed by atoms with van der Waals surface area (Å²) in [6.45, 7) is 1.92. The van der Waals surface area contributed by atoms with Gasteiger partial charge in [-0.3, -0.25) is 0 Å². The Morgan fingerprint density at radius 2 is 2.44 bits per heavy atom. The van der Waals surface area contributed by atoms with Crippen LogP contribution in [0.25, 0.3) is 0 Å². The first-order valence-corrected chi connectivity index (χ1v) is 3.38. The third kappa shape index (κ3) is 0.990. The molecule has 1 rings (SSSR count). The molecule has 0 bridgehead atoms. The van der Waals surface area contributed by atoms with Gasteiger partial charge in [0.15, 0.2) is 6.29 Å². The molecular formula is C7H12O2. The van der Waals surface area contributed by atoms with Crippen molar-refractivity contribution in [1.29, 1.82) is 0 Å². The summed E-state index contributed by atoms with van der Waals surface area (Å²) in [5.41, 5.74) is -0.986. The van der Waals surface area contributed by atoms with Gasteiger partial charge in [-0.2, -0.15) is 0 Å². The Bertz CT molecular complexity index is 122. The second kappa shape index (κ2) is 2.10. The molecular weight excluding hydrogens is 116 g/mol. The van der Waals surface area contributed by atoms with Crippen LogP contribution in [0.3, 0.4) is 0 Å². The van der Waals surface area contributed by atoms with E-state index in [1.807, 2.05) is 6.92 Å². The summed E-state index contributed by atoms with van der Waals surface area (Å²) in [6, 6.07) is 0. The third-order valence-electron chi connectivity index (χ3n) is 2.27. The molecule has 1 saturated carbocycles. The lowest BCUT2D eigenvalue weighted by Crippen LogP contribution is -2.32. The monoisotopic (exact) mass is 128 g/mol. The standard InChI is InChI=1S/C7H12O2/c1-6-3-2-4-7(6,9)5-8/h5-6,9H,2-4H2,1H3. The molecule has 0 spiro atoms. The molecule has 0 amide bonds. The maximum Gasteiger partial charge on any atom is 0.151 e. The van der Waals surface area contributed by atoms with Crippen LogP contribution >= 0.6 is 0 Å². The van der Waals surface area contributed by atoms with Gasteiger partial charge in [-0.1, -0.05) is 6.92 Å². The zero-order chi connectivity index (χ0) is 6.91. The highest BCUT2D eigenvalue weighted by Crippen LogP contribution is 2.33. The van der Waals surface area contributed by atoms with E-state index >= 15 is 0 Å². The summed E-state index contributed by atoms with van der Waals surface area (Å²) in [7, 11) is 0. The van der Waals surface area contributed by atoms with Crippen molar-refractivity contribution in [2.75, 3.05) is 0 Å². The van der Waals surface area contributed by atoms with Crippen LogP contribution < -0.4 is 0 Å². The zero-order valence-corrected chi connectivity index (χ0v) is 5.63. The Morgan fingerprint density at radius 1 is 1.78 bits per heavy atom. The molecule has 2 atom stereocenters. The van der Waals surface area contributed by atoms with E-state index in [1.165, 1.54) is 0 Å². The van der Waals surface area contributed by atoms with E-state index in [1.54, 1.807) is 0 Å². The fourth-order valence-electron chi connectivity index (χ4n) is 1.36. The fraction of sp³-hybridized carbons (Fsp3) is 0.857. The molecule has 0 aliphatic heterocycles. The summed E-state index contributed by atoms with van der Waals surface area (Å²) in [6.07, 6.45) is 3.30. The average molecular weight is 128 g/mol. The molecule has 52 valence electrons. The minimum atomic E-state index is -0.986. The van der Waals surface area contributed by atoms with Crippen molar-refractivity contribution in [1.82, 2.24) is 0 Å². The quantitative estimate of drug-likeness (QED) is 0.529. The molecule has 1 aliphatic carbocycles. The average Bonchev–Trinajstić information content (AvgIpc) is 2.15. The van der Waals surface area contributed by atoms with Gasteiger partial charge in [0.2, 0.25) is 0 Å². The van der Waals surface area contributed by atoms with Gasteiger partial charge in [0.05, 0.1) is 0 Å². The van der Waals surface area contributed by atoms with Crippen LogP contribution in [0.15, 0.2) is 0 Å². The molecule has 0 aromatic carbocycles. The van der Waals surface area contributed by atoms with Crippen molar-refractivity contribution in [3.05, 3.63) is 0 Å². The minimum absolute atomic E-state index is 0.162. The highest BCUT2D eigenvalue weighted by molar-refractivity contribution is 5.63. The van der Waals surface area contributed by atoms with Gasteiger partial charge in [0.25, 0.3) is 0 Å². The second-order valence-electron chi connectivity index (χ2n) is 2.90. The smallest absolute Gasteiger partial charge is 0.151 e. The Balaban J connectivity index is 2.66. The summed E-state index contributed by atoms with van der Waals surface area (Å²) in [4.78, 5) is 10.3. The van der Waals surface area contributed by atoms with Crippen LogP contribution in [0.2, 0.25) is 0 Å². The molecule has 0 aromatic rings. The number of hydrogen-bond donors (Lipinski definition) is 1. The van der Waals surface area contributed by atoms with Crippen molar-refractivity contribution in [3.8, 4) is 0 Å². The Labute approximate surface area is 54.9 Å². The highest BCUT2D eigenvalue weighted by Gasteiger charge is 2.37. The van der Waals surface area contributed by atoms with E-state index in [4.69, 9.17) is 0 Å². The summed E-state index contributed by atoms with van der Waals surface area (Å²) >= 11 is 0. The first-order chi connectivity index (χ1) is 4.19. The predicted molar refractivity (Wildman–Crippen MR) is 34.0 cm³/mol.